The number of nitrogens with zero attached hydrogens (tertiary/aromatic N) is 1. The molecule has 1 heterocycles. The molecule has 15 heavy (non-hydrogen) atoms. The Bertz CT molecular complexity index is 540. The summed E-state index contributed by atoms with van der Waals surface area (Å²) < 4.78 is 1.62. The van der Waals surface area contributed by atoms with E-state index in [0.717, 1.165) is 14.7 Å². The minimum atomic E-state index is -0.885. The van der Waals surface area contributed by atoms with E-state index in [1.165, 1.54) is 11.3 Å². The van der Waals surface area contributed by atoms with Gasteiger partial charge in [0.15, 0.2) is 0 Å². The van der Waals surface area contributed by atoms with E-state index in [2.05, 4.69) is 20.9 Å². The Labute approximate surface area is 103 Å². The van der Waals surface area contributed by atoms with Crippen molar-refractivity contribution in [1.29, 1.82) is 0 Å². The van der Waals surface area contributed by atoms with Gasteiger partial charge in [-0.15, -0.1) is 11.3 Å². The van der Waals surface area contributed by atoms with Crippen LogP contribution >= 0.6 is 38.9 Å². The Morgan fingerprint density at radius 1 is 1.60 bits per heavy atom. The quantitative estimate of drug-likeness (QED) is 0.926. The molecule has 0 bridgehead atoms. The summed E-state index contributed by atoms with van der Waals surface area (Å²) >= 11 is 10.7. The summed E-state index contributed by atoms with van der Waals surface area (Å²) in [7, 11) is 0. The molecule has 0 unspecified atom stereocenters. The number of hydrogen-bond acceptors (Lipinski definition) is 3. The van der Waals surface area contributed by atoms with Gasteiger partial charge in [0.25, 0.3) is 0 Å². The van der Waals surface area contributed by atoms with Gasteiger partial charge in [0.1, 0.15) is 5.01 Å². The van der Waals surface area contributed by atoms with Crippen molar-refractivity contribution in [1.82, 2.24) is 4.98 Å². The monoisotopic (exact) mass is 305 g/mol. The highest BCUT2D eigenvalue weighted by atomic mass is 79.9. The lowest BCUT2D eigenvalue weighted by atomic mass is 10.3. The maximum atomic E-state index is 10.5. The highest BCUT2D eigenvalue weighted by Gasteiger charge is 2.11. The summed E-state index contributed by atoms with van der Waals surface area (Å²) in [5, 5.41) is 9.79. The highest BCUT2D eigenvalue weighted by Crippen LogP contribution is 2.34. The number of carbonyl (C=O) groups is 1. The molecule has 1 N–H and O–H groups in total. The number of hydrogen-bond donors (Lipinski definition) is 1. The molecule has 78 valence electrons. The zero-order chi connectivity index (χ0) is 11.0. The van der Waals surface area contributed by atoms with Crippen LogP contribution in [-0.4, -0.2) is 16.1 Å². The van der Waals surface area contributed by atoms with Crippen LogP contribution in [0.15, 0.2) is 16.6 Å². The van der Waals surface area contributed by atoms with Crippen LogP contribution in [0.3, 0.4) is 0 Å². The third-order valence-corrected chi connectivity index (χ3v) is 4.28. The lowest BCUT2D eigenvalue weighted by molar-refractivity contribution is -0.136. The van der Waals surface area contributed by atoms with Crippen molar-refractivity contribution in [2.45, 2.75) is 6.42 Å². The van der Waals surface area contributed by atoms with E-state index >= 15 is 0 Å². The van der Waals surface area contributed by atoms with Crippen LogP contribution in [0.2, 0.25) is 5.02 Å². The average molecular weight is 307 g/mol. The smallest absolute Gasteiger partial charge is 0.310 e. The molecule has 0 aliphatic heterocycles. The SMILES string of the molecule is O=C(O)Cc1nc2ccc(Br)c(Cl)c2s1. The van der Waals surface area contributed by atoms with E-state index in [1.807, 2.05) is 6.07 Å². The normalized spacial score (nSPS) is 10.8. The Balaban J connectivity index is 2.56. The molecule has 3 nitrogen and oxygen atoms in total. The van der Waals surface area contributed by atoms with Crippen LogP contribution in [0.4, 0.5) is 0 Å². The number of carboxylic acids is 1. The van der Waals surface area contributed by atoms with Gasteiger partial charge in [-0.25, -0.2) is 4.98 Å². The molecule has 2 aromatic rings. The molecular formula is C9H5BrClNO2S. The second kappa shape index (κ2) is 4.08. The molecule has 1 aromatic carbocycles. The van der Waals surface area contributed by atoms with Crippen molar-refractivity contribution < 1.29 is 9.90 Å². The number of aromatic nitrogens is 1. The summed E-state index contributed by atoms with van der Waals surface area (Å²) in [6.45, 7) is 0. The highest BCUT2D eigenvalue weighted by molar-refractivity contribution is 9.10. The number of aliphatic carboxylic acids is 1. The molecule has 0 radical (unpaired) electrons. The van der Waals surface area contributed by atoms with Crippen molar-refractivity contribution in [3.63, 3.8) is 0 Å². The fraction of sp³-hybridized carbons (Fsp3) is 0.111. The van der Waals surface area contributed by atoms with Crippen molar-refractivity contribution in [2.75, 3.05) is 0 Å². The van der Waals surface area contributed by atoms with Gasteiger partial charge in [-0.3, -0.25) is 4.79 Å². The second-order valence-corrected chi connectivity index (χ2v) is 5.20. The third kappa shape index (κ3) is 2.14. The van der Waals surface area contributed by atoms with Gasteiger partial charge in [-0.05, 0) is 28.1 Å². The Morgan fingerprint density at radius 2 is 2.33 bits per heavy atom. The summed E-state index contributed by atoms with van der Waals surface area (Å²) in [4.78, 5) is 14.7. The largest absolute Gasteiger partial charge is 0.481 e. The predicted octanol–water partition coefficient (Wildman–Crippen LogP) is 3.34. The zero-order valence-electron chi connectivity index (χ0n) is 7.33. The summed E-state index contributed by atoms with van der Waals surface area (Å²) in [6.07, 6.45) is -0.0622. The molecule has 0 spiro atoms. The van der Waals surface area contributed by atoms with E-state index < -0.39 is 5.97 Å². The molecule has 6 heteroatoms. The van der Waals surface area contributed by atoms with Crippen LogP contribution in [-0.2, 0) is 11.2 Å². The number of benzene rings is 1. The number of halogens is 2. The van der Waals surface area contributed by atoms with Crippen LogP contribution in [0.5, 0.6) is 0 Å². The van der Waals surface area contributed by atoms with Crippen molar-refractivity contribution >= 4 is 55.1 Å². The number of fused-ring (bicyclic) bond motifs is 1. The lowest BCUT2D eigenvalue weighted by Crippen LogP contribution is -1.98. The average Bonchev–Trinajstić information content (AvgIpc) is 2.54. The molecule has 1 aromatic heterocycles. The van der Waals surface area contributed by atoms with Crippen LogP contribution in [0.1, 0.15) is 5.01 Å². The summed E-state index contributed by atoms with van der Waals surface area (Å²) in [6, 6.07) is 3.61. The lowest BCUT2D eigenvalue weighted by Gasteiger charge is -1.94. The first kappa shape index (κ1) is 10.9. The maximum absolute atomic E-state index is 10.5. The molecule has 2 rings (SSSR count). The Hall–Kier alpha value is -0.650. The molecule has 0 amide bonds. The maximum Gasteiger partial charge on any atom is 0.310 e. The van der Waals surface area contributed by atoms with E-state index in [0.29, 0.717) is 10.0 Å². The molecule has 0 saturated carbocycles. The van der Waals surface area contributed by atoms with E-state index in [1.54, 1.807) is 6.07 Å². The Kier molecular flexibility index (Phi) is 2.95. The Morgan fingerprint density at radius 3 is 3.00 bits per heavy atom. The van der Waals surface area contributed by atoms with Gasteiger partial charge < -0.3 is 5.11 Å². The van der Waals surface area contributed by atoms with Gasteiger partial charge in [0.2, 0.25) is 0 Å². The molecule has 0 fully saturated rings. The topological polar surface area (TPSA) is 50.2 Å². The van der Waals surface area contributed by atoms with Gasteiger partial charge >= 0.3 is 5.97 Å². The number of carboxylic acid groups (broad SMARTS) is 1. The van der Waals surface area contributed by atoms with Crippen molar-refractivity contribution in [2.24, 2.45) is 0 Å². The fourth-order valence-corrected chi connectivity index (χ4v) is 2.92. The molecule has 0 saturated heterocycles. The first-order valence-corrected chi connectivity index (χ1v) is 6.02. The van der Waals surface area contributed by atoms with Gasteiger partial charge in [0.05, 0.1) is 21.7 Å². The van der Waals surface area contributed by atoms with Crippen LogP contribution < -0.4 is 0 Å². The van der Waals surface area contributed by atoms with Crippen LogP contribution in [0, 0.1) is 0 Å². The summed E-state index contributed by atoms with van der Waals surface area (Å²) in [5.74, 6) is -0.885. The van der Waals surface area contributed by atoms with E-state index in [9.17, 15) is 4.79 Å². The van der Waals surface area contributed by atoms with Crippen molar-refractivity contribution in [3.05, 3.63) is 26.6 Å². The van der Waals surface area contributed by atoms with Crippen molar-refractivity contribution in [3.8, 4) is 0 Å². The standard InChI is InChI=1S/C9H5BrClNO2S/c10-4-1-2-5-9(8(4)11)15-6(12-5)3-7(13)14/h1-2H,3H2,(H,13,14). The first-order valence-electron chi connectivity index (χ1n) is 4.03. The zero-order valence-corrected chi connectivity index (χ0v) is 10.5. The van der Waals surface area contributed by atoms with Gasteiger partial charge in [-0.2, -0.15) is 0 Å². The minimum Gasteiger partial charge on any atom is -0.481 e. The predicted molar refractivity (Wildman–Crippen MR) is 63.7 cm³/mol. The third-order valence-electron chi connectivity index (χ3n) is 1.80. The fourth-order valence-electron chi connectivity index (χ4n) is 1.19. The first-order chi connectivity index (χ1) is 7.08. The number of thiazole rings is 1. The second-order valence-electron chi connectivity index (χ2n) is 2.89. The van der Waals surface area contributed by atoms with Gasteiger partial charge in [-0.1, -0.05) is 11.6 Å². The number of rotatable bonds is 2. The molecular weight excluding hydrogens is 302 g/mol. The minimum absolute atomic E-state index is 0.0622. The molecule has 0 atom stereocenters. The van der Waals surface area contributed by atoms with Gasteiger partial charge in [0, 0.05) is 4.47 Å². The van der Waals surface area contributed by atoms with Crippen LogP contribution in [0.25, 0.3) is 10.2 Å². The van der Waals surface area contributed by atoms with E-state index in [4.69, 9.17) is 16.7 Å². The molecule has 0 aliphatic carbocycles. The van der Waals surface area contributed by atoms with E-state index in [-0.39, 0.29) is 6.42 Å². The summed E-state index contributed by atoms with van der Waals surface area (Å²) in [5.41, 5.74) is 0.740. The molecule has 0 aliphatic rings.